The van der Waals surface area contributed by atoms with Crippen molar-refractivity contribution in [1.29, 1.82) is 0 Å². The summed E-state index contributed by atoms with van der Waals surface area (Å²) in [5, 5.41) is 14.7. The number of nitrogens with zero attached hydrogens (tertiary/aromatic N) is 3. The first kappa shape index (κ1) is 30.4. The second-order valence-corrected chi connectivity index (χ2v) is 11.9. The third-order valence-corrected chi connectivity index (χ3v) is 8.77. The van der Waals surface area contributed by atoms with Crippen molar-refractivity contribution in [1.82, 2.24) is 30.6 Å². The van der Waals surface area contributed by atoms with Crippen LogP contribution in [0.15, 0.2) is 42.6 Å². The number of hydrogen-bond acceptors (Lipinski definition) is 8. The minimum Gasteiger partial charge on any atom is -0.348 e. The Hall–Kier alpha value is -4.59. The molecule has 2 aromatic carbocycles. The van der Waals surface area contributed by atoms with Gasteiger partial charge in [-0.3, -0.25) is 49.0 Å². The maximum absolute atomic E-state index is 13.2. The van der Waals surface area contributed by atoms with Crippen LogP contribution in [-0.2, 0) is 16.1 Å². The summed E-state index contributed by atoms with van der Waals surface area (Å²) in [6.07, 6.45) is 2.80. The fourth-order valence-corrected chi connectivity index (χ4v) is 6.39. The Labute approximate surface area is 266 Å². The van der Waals surface area contributed by atoms with Crippen molar-refractivity contribution in [2.24, 2.45) is 0 Å². The molecule has 6 rings (SSSR count). The number of carbonyl (C=O) groups excluding carboxylic acids is 6. The van der Waals surface area contributed by atoms with E-state index in [1.807, 2.05) is 0 Å². The second kappa shape index (κ2) is 12.4. The molecule has 232 valence electrons. The second-order valence-electron chi connectivity index (χ2n) is 11.1. The molecule has 15 heteroatoms. The summed E-state index contributed by atoms with van der Waals surface area (Å²) in [6, 6.07) is 8.64. The first-order chi connectivity index (χ1) is 21.6. The summed E-state index contributed by atoms with van der Waals surface area (Å²) >= 11 is 12.3. The molecule has 3 aromatic rings. The van der Waals surface area contributed by atoms with Gasteiger partial charge in [-0.25, -0.2) is 0 Å². The summed E-state index contributed by atoms with van der Waals surface area (Å²) in [4.78, 5) is 78.9. The topological polar surface area (TPSA) is 174 Å². The number of nitrogens with one attached hydrogen (secondary N) is 4. The van der Waals surface area contributed by atoms with Crippen molar-refractivity contribution in [3.63, 3.8) is 0 Å². The van der Waals surface area contributed by atoms with Crippen LogP contribution in [0, 0.1) is 0 Å². The zero-order chi connectivity index (χ0) is 31.8. The summed E-state index contributed by atoms with van der Waals surface area (Å²) in [5.74, 6) is -3.15. The van der Waals surface area contributed by atoms with Crippen LogP contribution in [0.2, 0.25) is 10.0 Å². The first-order valence-corrected chi connectivity index (χ1v) is 15.0. The zero-order valence-electron chi connectivity index (χ0n) is 23.7. The maximum atomic E-state index is 13.2. The van der Waals surface area contributed by atoms with Gasteiger partial charge in [-0.1, -0.05) is 35.3 Å². The number of likely N-dealkylation sites (tertiary alicyclic amines) is 1. The highest BCUT2D eigenvalue weighted by Gasteiger charge is 2.44. The maximum Gasteiger partial charge on any atom is 0.271 e. The Bertz CT molecular complexity index is 1730. The Kier molecular flexibility index (Phi) is 8.40. The molecular weight excluding hydrogens is 625 g/mol. The van der Waals surface area contributed by atoms with Gasteiger partial charge in [0.25, 0.3) is 23.6 Å². The summed E-state index contributed by atoms with van der Waals surface area (Å²) in [5.41, 5.74) is 1.68. The van der Waals surface area contributed by atoms with Gasteiger partial charge < -0.3 is 10.6 Å². The van der Waals surface area contributed by atoms with Crippen LogP contribution in [0.3, 0.4) is 0 Å². The minimum absolute atomic E-state index is 0.0595. The zero-order valence-corrected chi connectivity index (χ0v) is 25.2. The highest BCUT2D eigenvalue weighted by Crippen LogP contribution is 2.29. The molecule has 1 aromatic heterocycles. The van der Waals surface area contributed by atoms with Crippen molar-refractivity contribution < 1.29 is 28.8 Å². The van der Waals surface area contributed by atoms with Crippen molar-refractivity contribution in [3.8, 4) is 0 Å². The minimum atomic E-state index is -1.01. The fourth-order valence-electron chi connectivity index (χ4n) is 5.82. The molecule has 0 saturated carbocycles. The number of aromatic nitrogens is 2. The van der Waals surface area contributed by atoms with E-state index in [4.69, 9.17) is 23.2 Å². The first-order valence-electron chi connectivity index (χ1n) is 14.3. The summed E-state index contributed by atoms with van der Waals surface area (Å²) in [6.45, 7) is 1.85. The molecule has 0 bridgehead atoms. The van der Waals surface area contributed by atoms with Crippen molar-refractivity contribution in [2.45, 2.75) is 44.3 Å². The average Bonchev–Trinajstić information content (AvgIpc) is 3.56. The van der Waals surface area contributed by atoms with E-state index in [2.05, 4.69) is 31.0 Å². The van der Waals surface area contributed by atoms with E-state index in [-0.39, 0.29) is 57.0 Å². The molecule has 1 atom stereocenters. The van der Waals surface area contributed by atoms with Gasteiger partial charge in [0, 0.05) is 32.1 Å². The third-order valence-electron chi connectivity index (χ3n) is 8.14. The van der Waals surface area contributed by atoms with Gasteiger partial charge >= 0.3 is 0 Å². The van der Waals surface area contributed by atoms with E-state index in [9.17, 15) is 28.8 Å². The highest BCUT2D eigenvalue weighted by atomic mass is 35.5. The molecule has 1 unspecified atom stereocenters. The lowest BCUT2D eigenvalue weighted by Crippen LogP contribution is -2.54. The molecule has 0 spiro atoms. The predicted octanol–water partition coefficient (Wildman–Crippen LogP) is 2.76. The van der Waals surface area contributed by atoms with Crippen LogP contribution < -0.4 is 16.0 Å². The molecular formula is C30H27Cl2N7O6. The Morgan fingerprint density at radius 3 is 2.36 bits per heavy atom. The van der Waals surface area contributed by atoms with Crippen LogP contribution in [0.4, 0.5) is 5.69 Å². The normalized spacial score (nSPS) is 19.0. The van der Waals surface area contributed by atoms with Gasteiger partial charge in [0.2, 0.25) is 11.8 Å². The molecule has 0 radical (unpaired) electrons. The van der Waals surface area contributed by atoms with Crippen LogP contribution in [0.1, 0.15) is 72.8 Å². The molecule has 13 nitrogen and oxygen atoms in total. The van der Waals surface area contributed by atoms with Gasteiger partial charge in [0.1, 0.15) is 11.7 Å². The number of H-pyrrole nitrogens is 1. The largest absolute Gasteiger partial charge is 0.348 e. The van der Waals surface area contributed by atoms with Crippen LogP contribution in [0.5, 0.6) is 0 Å². The van der Waals surface area contributed by atoms with E-state index < -0.39 is 41.5 Å². The Morgan fingerprint density at radius 2 is 1.64 bits per heavy atom. The molecule has 2 saturated heterocycles. The molecule has 3 aliphatic heterocycles. The average molecular weight is 652 g/mol. The van der Waals surface area contributed by atoms with Crippen molar-refractivity contribution in [3.05, 3.63) is 80.6 Å². The molecule has 45 heavy (non-hydrogen) atoms. The fraction of sp³-hybridized carbons (Fsp3) is 0.300. The number of imide groups is 2. The lowest BCUT2D eigenvalue weighted by molar-refractivity contribution is -0.136. The number of anilines is 1. The van der Waals surface area contributed by atoms with Gasteiger partial charge in [-0.15, -0.1) is 0 Å². The SMILES string of the molecule is O=C1CCC(N2C(=O)c3ccc(CN4CCC(NC(=O)c5[nH]ncc5NC(=O)c5c(Cl)cccc5Cl)CC4)cc3C2=O)C(=O)N1. The number of benzene rings is 2. The Balaban J connectivity index is 1.03. The quantitative estimate of drug-likeness (QED) is 0.282. The number of piperidine rings is 2. The van der Waals surface area contributed by atoms with E-state index >= 15 is 0 Å². The van der Waals surface area contributed by atoms with E-state index in [0.29, 0.717) is 32.5 Å². The van der Waals surface area contributed by atoms with Gasteiger partial charge in [-0.05, 0) is 49.1 Å². The molecule has 4 N–H and O–H groups in total. The molecule has 3 aliphatic rings. The summed E-state index contributed by atoms with van der Waals surface area (Å²) in [7, 11) is 0. The monoisotopic (exact) mass is 651 g/mol. The predicted molar refractivity (Wildman–Crippen MR) is 162 cm³/mol. The number of halogens is 2. The number of hydrogen-bond donors (Lipinski definition) is 4. The van der Waals surface area contributed by atoms with Gasteiger partial charge in [-0.2, -0.15) is 5.10 Å². The van der Waals surface area contributed by atoms with Gasteiger partial charge in [0.15, 0.2) is 0 Å². The lowest BCUT2D eigenvalue weighted by Gasteiger charge is -2.32. The van der Waals surface area contributed by atoms with E-state index in [1.165, 1.54) is 6.20 Å². The number of carbonyl (C=O) groups is 6. The summed E-state index contributed by atoms with van der Waals surface area (Å²) < 4.78 is 0. The van der Waals surface area contributed by atoms with Crippen LogP contribution in [-0.4, -0.2) is 80.6 Å². The smallest absolute Gasteiger partial charge is 0.271 e. The number of amides is 6. The van der Waals surface area contributed by atoms with Crippen molar-refractivity contribution >= 4 is 64.3 Å². The van der Waals surface area contributed by atoms with Crippen molar-refractivity contribution in [2.75, 3.05) is 18.4 Å². The van der Waals surface area contributed by atoms with Gasteiger partial charge in [0.05, 0.1) is 38.6 Å². The molecule has 0 aliphatic carbocycles. The van der Waals surface area contributed by atoms with E-state index in [1.54, 1.807) is 36.4 Å². The van der Waals surface area contributed by atoms with E-state index in [0.717, 1.165) is 10.5 Å². The third kappa shape index (κ3) is 6.06. The lowest BCUT2D eigenvalue weighted by atomic mass is 10.0. The Morgan fingerprint density at radius 1 is 0.933 bits per heavy atom. The number of fused-ring (bicyclic) bond motifs is 1. The number of rotatable bonds is 7. The standard InChI is InChI=1S/C30H27Cl2N7O6/c31-19-2-1-3-20(32)24(19)27(42)35-21-13-33-37-25(21)28(43)34-16-8-10-38(11-9-16)14-15-4-5-17-18(12-15)30(45)39(29(17)44)22-6-7-23(40)36-26(22)41/h1-5,12-13,16,22H,6-11,14H2,(H,33,37)(H,34,43)(H,35,42)(H,36,40,41). The molecule has 4 heterocycles. The van der Waals surface area contributed by atoms with Crippen LogP contribution in [0.25, 0.3) is 0 Å². The molecule has 2 fully saturated rings. The number of aromatic amines is 1. The molecule has 6 amide bonds. The highest BCUT2D eigenvalue weighted by molar-refractivity contribution is 6.40. The van der Waals surface area contributed by atoms with Crippen LogP contribution >= 0.6 is 23.2 Å².